The molecule has 0 unspecified atom stereocenters. The number of aliphatic hydroxyl groups excluding tert-OH is 1. The second kappa shape index (κ2) is 4.72. The maximum absolute atomic E-state index is 9.63. The monoisotopic (exact) mass is 267 g/mol. The standard InChI is InChI=1S/C16H17N3O/c1-10-11(2)18-19(12(10)3)16-14(9-20)8-13-6-4-5-7-15(13)17-16/h4-8,20H,9H2,1-3H3. The lowest BCUT2D eigenvalue weighted by Gasteiger charge is -2.10. The lowest BCUT2D eigenvalue weighted by molar-refractivity contribution is 0.281. The van der Waals surface area contributed by atoms with E-state index in [1.807, 2.05) is 55.8 Å². The Morgan fingerprint density at radius 1 is 1.15 bits per heavy atom. The van der Waals surface area contributed by atoms with Crippen molar-refractivity contribution in [2.45, 2.75) is 27.4 Å². The first-order valence-corrected chi connectivity index (χ1v) is 6.64. The Hall–Kier alpha value is -2.20. The van der Waals surface area contributed by atoms with E-state index in [0.29, 0.717) is 5.82 Å². The third kappa shape index (κ3) is 1.89. The molecule has 4 heteroatoms. The number of hydrogen-bond acceptors (Lipinski definition) is 3. The van der Waals surface area contributed by atoms with Crippen LogP contribution in [0.4, 0.5) is 0 Å². The number of aryl methyl sites for hydroxylation is 1. The van der Waals surface area contributed by atoms with Crippen LogP contribution in [0.5, 0.6) is 0 Å². The molecular formula is C16H17N3O. The molecule has 0 amide bonds. The summed E-state index contributed by atoms with van der Waals surface area (Å²) >= 11 is 0. The first kappa shape index (κ1) is 12.8. The van der Waals surface area contributed by atoms with Gasteiger partial charge in [-0.05, 0) is 38.5 Å². The molecule has 2 heterocycles. The van der Waals surface area contributed by atoms with Crippen LogP contribution in [-0.4, -0.2) is 19.9 Å². The van der Waals surface area contributed by atoms with E-state index in [-0.39, 0.29) is 6.61 Å². The minimum absolute atomic E-state index is 0.0510. The highest BCUT2D eigenvalue weighted by Crippen LogP contribution is 2.22. The Kier molecular flexibility index (Phi) is 3.03. The summed E-state index contributed by atoms with van der Waals surface area (Å²) in [5, 5.41) is 15.2. The van der Waals surface area contributed by atoms with Crippen LogP contribution in [0.3, 0.4) is 0 Å². The minimum atomic E-state index is -0.0510. The van der Waals surface area contributed by atoms with Crippen molar-refractivity contribution in [3.63, 3.8) is 0 Å². The summed E-state index contributed by atoms with van der Waals surface area (Å²) in [5.41, 5.74) is 4.89. The van der Waals surface area contributed by atoms with Gasteiger partial charge in [0.2, 0.25) is 0 Å². The second-order valence-electron chi connectivity index (χ2n) is 5.03. The van der Waals surface area contributed by atoms with Crippen LogP contribution in [0.25, 0.3) is 16.7 Å². The van der Waals surface area contributed by atoms with Crippen LogP contribution in [0.1, 0.15) is 22.5 Å². The molecule has 3 aromatic rings. The van der Waals surface area contributed by atoms with Crippen molar-refractivity contribution >= 4 is 10.9 Å². The van der Waals surface area contributed by atoms with Gasteiger partial charge >= 0.3 is 0 Å². The fraction of sp³-hybridized carbons (Fsp3) is 0.250. The molecule has 2 aromatic heterocycles. The van der Waals surface area contributed by atoms with Crippen LogP contribution in [0.15, 0.2) is 30.3 Å². The molecule has 3 rings (SSSR count). The fourth-order valence-electron chi connectivity index (χ4n) is 2.38. The summed E-state index contributed by atoms with van der Waals surface area (Å²) in [4.78, 5) is 4.67. The summed E-state index contributed by atoms with van der Waals surface area (Å²) in [6.07, 6.45) is 0. The smallest absolute Gasteiger partial charge is 0.159 e. The van der Waals surface area contributed by atoms with Crippen LogP contribution in [0.2, 0.25) is 0 Å². The number of aromatic nitrogens is 3. The SMILES string of the molecule is Cc1nn(-c2nc3ccccc3cc2CO)c(C)c1C. The van der Waals surface area contributed by atoms with Gasteiger partial charge in [0.25, 0.3) is 0 Å². The van der Waals surface area contributed by atoms with Gasteiger partial charge < -0.3 is 5.11 Å². The maximum atomic E-state index is 9.63. The predicted octanol–water partition coefficient (Wildman–Crippen LogP) is 2.84. The van der Waals surface area contributed by atoms with Crippen molar-refractivity contribution in [2.75, 3.05) is 0 Å². The Labute approximate surface area is 117 Å². The zero-order valence-corrected chi connectivity index (χ0v) is 11.9. The summed E-state index contributed by atoms with van der Waals surface area (Å²) < 4.78 is 1.82. The molecule has 20 heavy (non-hydrogen) atoms. The van der Waals surface area contributed by atoms with Crippen molar-refractivity contribution in [1.29, 1.82) is 0 Å². The third-order valence-electron chi connectivity index (χ3n) is 3.80. The number of fused-ring (bicyclic) bond motifs is 1. The fourth-order valence-corrected chi connectivity index (χ4v) is 2.38. The van der Waals surface area contributed by atoms with Crippen molar-refractivity contribution in [2.24, 2.45) is 0 Å². The van der Waals surface area contributed by atoms with Gasteiger partial charge in [-0.3, -0.25) is 0 Å². The first-order valence-electron chi connectivity index (χ1n) is 6.64. The Morgan fingerprint density at radius 2 is 1.90 bits per heavy atom. The average molecular weight is 267 g/mol. The van der Waals surface area contributed by atoms with Gasteiger partial charge in [-0.15, -0.1) is 0 Å². The normalized spacial score (nSPS) is 11.2. The van der Waals surface area contributed by atoms with Crippen molar-refractivity contribution in [1.82, 2.24) is 14.8 Å². The number of para-hydroxylation sites is 1. The van der Waals surface area contributed by atoms with Crippen LogP contribution in [-0.2, 0) is 6.61 Å². The third-order valence-corrected chi connectivity index (χ3v) is 3.80. The number of benzene rings is 1. The molecule has 0 bridgehead atoms. The number of rotatable bonds is 2. The lowest BCUT2D eigenvalue weighted by Crippen LogP contribution is -2.07. The average Bonchev–Trinajstić information content (AvgIpc) is 2.73. The van der Waals surface area contributed by atoms with E-state index in [2.05, 4.69) is 10.1 Å². The number of hydrogen-bond donors (Lipinski definition) is 1. The molecule has 1 N–H and O–H groups in total. The summed E-state index contributed by atoms with van der Waals surface area (Å²) in [6.45, 7) is 6.00. The van der Waals surface area contributed by atoms with Gasteiger partial charge in [-0.2, -0.15) is 5.10 Å². The Morgan fingerprint density at radius 3 is 2.55 bits per heavy atom. The van der Waals surface area contributed by atoms with Crippen LogP contribution in [0, 0.1) is 20.8 Å². The van der Waals surface area contributed by atoms with Gasteiger partial charge in [0.1, 0.15) is 0 Å². The van der Waals surface area contributed by atoms with Gasteiger partial charge in [0, 0.05) is 16.6 Å². The van der Waals surface area contributed by atoms with Crippen LogP contribution >= 0.6 is 0 Å². The van der Waals surface area contributed by atoms with E-state index in [1.165, 1.54) is 0 Å². The van der Waals surface area contributed by atoms with Crippen molar-refractivity contribution in [3.05, 3.63) is 52.8 Å². The molecular weight excluding hydrogens is 250 g/mol. The molecule has 0 fully saturated rings. The molecule has 0 radical (unpaired) electrons. The maximum Gasteiger partial charge on any atom is 0.159 e. The molecule has 0 saturated heterocycles. The van der Waals surface area contributed by atoms with Crippen molar-refractivity contribution in [3.8, 4) is 5.82 Å². The number of aliphatic hydroxyl groups is 1. The highest BCUT2D eigenvalue weighted by Gasteiger charge is 2.14. The highest BCUT2D eigenvalue weighted by atomic mass is 16.3. The summed E-state index contributed by atoms with van der Waals surface area (Å²) in [6, 6.07) is 9.88. The number of nitrogens with zero attached hydrogens (tertiary/aromatic N) is 3. The highest BCUT2D eigenvalue weighted by molar-refractivity contribution is 5.80. The molecule has 1 aromatic carbocycles. The van der Waals surface area contributed by atoms with E-state index < -0.39 is 0 Å². The first-order chi connectivity index (χ1) is 9.61. The quantitative estimate of drug-likeness (QED) is 0.776. The van der Waals surface area contributed by atoms with E-state index in [1.54, 1.807) is 0 Å². The van der Waals surface area contributed by atoms with E-state index in [9.17, 15) is 5.11 Å². The molecule has 0 spiro atoms. The Bertz CT molecular complexity index is 790. The molecule has 0 aliphatic heterocycles. The zero-order valence-electron chi connectivity index (χ0n) is 11.9. The van der Waals surface area contributed by atoms with E-state index in [4.69, 9.17) is 0 Å². The Balaban J connectivity index is 2.31. The minimum Gasteiger partial charge on any atom is -0.392 e. The lowest BCUT2D eigenvalue weighted by atomic mass is 10.1. The van der Waals surface area contributed by atoms with Crippen molar-refractivity contribution < 1.29 is 5.11 Å². The summed E-state index contributed by atoms with van der Waals surface area (Å²) in [7, 11) is 0. The molecule has 4 nitrogen and oxygen atoms in total. The van der Waals surface area contributed by atoms with Gasteiger partial charge in [0.05, 0.1) is 17.8 Å². The predicted molar refractivity (Wildman–Crippen MR) is 79.0 cm³/mol. The molecule has 0 aliphatic rings. The second-order valence-corrected chi connectivity index (χ2v) is 5.03. The number of pyridine rings is 1. The molecule has 0 atom stereocenters. The topological polar surface area (TPSA) is 50.9 Å². The zero-order chi connectivity index (χ0) is 14.3. The molecule has 102 valence electrons. The van der Waals surface area contributed by atoms with Gasteiger partial charge in [-0.1, -0.05) is 18.2 Å². The van der Waals surface area contributed by atoms with Crippen LogP contribution < -0.4 is 0 Å². The molecule has 0 saturated carbocycles. The molecule has 0 aliphatic carbocycles. The van der Waals surface area contributed by atoms with Gasteiger partial charge in [0.15, 0.2) is 5.82 Å². The largest absolute Gasteiger partial charge is 0.392 e. The van der Waals surface area contributed by atoms with E-state index in [0.717, 1.165) is 33.4 Å². The van der Waals surface area contributed by atoms with Gasteiger partial charge in [-0.25, -0.2) is 9.67 Å². The summed E-state index contributed by atoms with van der Waals surface area (Å²) in [5.74, 6) is 0.708. The van der Waals surface area contributed by atoms with E-state index >= 15 is 0 Å².